The fourth-order valence-corrected chi connectivity index (χ4v) is 8.51. The highest BCUT2D eigenvalue weighted by Gasteiger charge is 2.49. The van der Waals surface area contributed by atoms with Gasteiger partial charge in [0.15, 0.2) is 5.82 Å². The van der Waals surface area contributed by atoms with Crippen molar-refractivity contribution in [2.75, 3.05) is 32.4 Å². The minimum Gasteiger partial charge on any atom is -0.748 e. The van der Waals surface area contributed by atoms with Crippen LogP contribution in [-0.2, 0) is 34.9 Å². The van der Waals surface area contributed by atoms with Crippen molar-refractivity contribution in [3.63, 3.8) is 0 Å². The molecule has 1 aromatic heterocycles. The lowest BCUT2D eigenvalue weighted by molar-refractivity contribution is -0.943. The van der Waals surface area contributed by atoms with Crippen molar-refractivity contribution >= 4 is 39.1 Å². The Morgan fingerprint density at radius 1 is 0.958 bits per heavy atom. The Hall–Kier alpha value is -3.01. The number of fused-ring (bicyclic) bond motifs is 4. The minimum absolute atomic E-state index is 0.0304. The van der Waals surface area contributed by atoms with Crippen LogP contribution in [0.2, 0.25) is 10.0 Å². The molecular formula is C38H43Cl2N3O4S. The van der Waals surface area contributed by atoms with Crippen LogP contribution in [0.25, 0.3) is 0 Å². The van der Waals surface area contributed by atoms with E-state index in [1.165, 1.54) is 72.1 Å². The number of aryl methyl sites for hydroxylation is 1. The van der Waals surface area contributed by atoms with Gasteiger partial charge >= 0.3 is 0 Å². The van der Waals surface area contributed by atoms with Crippen molar-refractivity contribution in [2.45, 2.75) is 69.2 Å². The number of piperidine rings is 3. The third kappa shape index (κ3) is 7.89. The van der Waals surface area contributed by atoms with E-state index in [9.17, 15) is 4.79 Å². The predicted octanol–water partition coefficient (Wildman–Crippen LogP) is 7.59. The molecule has 254 valence electrons. The highest BCUT2D eigenvalue weighted by molar-refractivity contribution is 7.84. The van der Waals surface area contributed by atoms with Crippen LogP contribution in [0.15, 0.2) is 79.1 Å². The zero-order valence-corrected chi connectivity index (χ0v) is 29.7. The molecule has 2 bridgehead atoms. The number of quaternary nitrogens is 1. The van der Waals surface area contributed by atoms with E-state index in [0.29, 0.717) is 34.1 Å². The molecule has 0 unspecified atom stereocenters. The first kappa shape index (κ1) is 34.8. The van der Waals surface area contributed by atoms with E-state index in [-0.39, 0.29) is 11.7 Å². The van der Waals surface area contributed by atoms with Crippen LogP contribution in [0.1, 0.15) is 82.9 Å². The van der Waals surface area contributed by atoms with Crippen molar-refractivity contribution in [1.29, 1.82) is 0 Å². The highest BCUT2D eigenvalue weighted by Crippen LogP contribution is 2.46. The molecule has 0 saturated carbocycles. The fourth-order valence-electron chi connectivity index (χ4n) is 8.20. The van der Waals surface area contributed by atoms with Crippen LogP contribution in [-0.4, -0.2) is 65.2 Å². The van der Waals surface area contributed by atoms with Gasteiger partial charge in [0.1, 0.15) is 0 Å². The summed E-state index contributed by atoms with van der Waals surface area (Å²) in [5, 5.41) is 1.15. The van der Waals surface area contributed by atoms with Crippen molar-refractivity contribution in [3.8, 4) is 0 Å². The zero-order valence-electron chi connectivity index (χ0n) is 27.4. The first-order valence-electron chi connectivity index (χ1n) is 16.9. The molecule has 4 aromatic rings. The molecule has 8 rings (SSSR count). The van der Waals surface area contributed by atoms with Gasteiger partial charge in [0.05, 0.1) is 46.3 Å². The molecule has 4 heterocycles. The van der Waals surface area contributed by atoms with E-state index in [1.54, 1.807) is 6.20 Å². The molecule has 3 aliphatic heterocycles. The van der Waals surface area contributed by atoms with Crippen LogP contribution in [0.4, 0.5) is 0 Å². The molecule has 0 radical (unpaired) electrons. The summed E-state index contributed by atoms with van der Waals surface area (Å²) in [6, 6.07) is 23.4. The molecule has 3 aromatic carbocycles. The minimum atomic E-state index is -3.92. The first-order valence-corrected chi connectivity index (χ1v) is 19.5. The quantitative estimate of drug-likeness (QED) is 0.102. The zero-order chi connectivity index (χ0) is 33.9. The first-order chi connectivity index (χ1) is 23.0. The third-order valence-corrected chi connectivity index (χ3v) is 11.7. The van der Waals surface area contributed by atoms with Crippen LogP contribution < -0.4 is 0 Å². The summed E-state index contributed by atoms with van der Waals surface area (Å²) in [4.78, 5) is 18.6. The van der Waals surface area contributed by atoms with Gasteiger partial charge in [0, 0.05) is 67.8 Å². The average Bonchev–Trinajstić information content (AvgIpc) is 3.56. The van der Waals surface area contributed by atoms with Crippen LogP contribution in [0.3, 0.4) is 0 Å². The molecule has 1 aliphatic carbocycles. The van der Waals surface area contributed by atoms with Crippen molar-refractivity contribution in [3.05, 3.63) is 123 Å². The second kappa shape index (κ2) is 14.5. The van der Waals surface area contributed by atoms with Gasteiger partial charge in [-0.3, -0.25) is 4.79 Å². The fraction of sp³-hybridized carbons (Fsp3) is 0.421. The summed E-state index contributed by atoms with van der Waals surface area (Å²) in [6.45, 7) is 5.51. The van der Waals surface area contributed by atoms with Crippen molar-refractivity contribution in [1.82, 2.24) is 9.55 Å². The lowest BCUT2D eigenvalue weighted by atomic mass is 9.66. The Morgan fingerprint density at radius 3 is 2.33 bits per heavy atom. The molecule has 0 spiro atoms. The maximum Gasteiger partial charge on any atom is 0.228 e. The number of aromatic nitrogens is 2. The summed E-state index contributed by atoms with van der Waals surface area (Å²) in [6.07, 6.45) is 13.5. The molecule has 1 atom stereocenters. The van der Waals surface area contributed by atoms with E-state index in [0.717, 1.165) is 37.8 Å². The molecule has 0 N–H and O–H groups in total. The molecule has 10 heteroatoms. The Morgan fingerprint density at radius 2 is 1.65 bits per heavy atom. The van der Waals surface area contributed by atoms with Crippen LogP contribution in [0.5, 0.6) is 0 Å². The maximum atomic E-state index is 13.9. The number of halogens is 2. The summed E-state index contributed by atoms with van der Waals surface area (Å²) in [7, 11) is -3.92. The number of imidazole rings is 1. The van der Waals surface area contributed by atoms with Crippen molar-refractivity contribution in [2.24, 2.45) is 0 Å². The molecule has 4 aliphatic rings. The molecule has 3 fully saturated rings. The lowest BCUT2D eigenvalue weighted by Gasteiger charge is -2.55. The number of hydrogen-bond donors (Lipinski definition) is 0. The Kier molecular flexibility index (Phi) is 10.5. The van der Waals surface area contributed by atoms with Gasteiger partial charge in [0.25, 0.3) is 0 Å². The summed E-state index contributed by atoms with van der Waals surface area (Å²) in [5.41, 5.74) is 6.40. The second-order valence-electron chi connectivity index (χ2n) is 13.9. The molecular weight excluding hydrogens is 665 g/mol. The number of carbonyl (C=O) groups is 1. The van der Waals surface area contributed by atoms with Gasteiger partial charge in [-0.1, -0.05) is 77.8 Å². The summed E-state index contributed by atoms with van der Waals surface area (Å²) in [5.74, 6) is 0.748. The maximum absolute atomic E-state index is 13.9. The number of ketones is 1. The predicted molar refractivity (Wildman–Crippen MR) is 190 cm³/mol. The Labute approximate surface area is 294 Å². The van der Waals surface area contributed by atoms with E-state index in [2.05, 4.69) is 52.0 Å². The molecule has 7 nitrogen and oxygen atoms in total. The van der Waals surface area contributed by atoms with Crippen LogP contribution in [0, 0.1) is 0 Å². The molecule has 0 amide bonds. The number of carbonyl (C=O) groups excluding carboxylic acids is 1. The number of benzene rings is 3. The van der Waals surface area contributed by atoms with Gasteiger partial charge in [-0.2, -0.15) is 0 Å². The largest absolute Gasteiger partial charge is 0.748 e. The smallest absolute Gasteiger partial charge is 0.228 e. The Bertz CT molecular complexity index is 1840. The standard InChI is InChI=1S/C37H40Cl2N3O.CH4O3S/c38-33-14-13-28(25-34(33)39)29(15-21-42-22-16-37(17-23-42,18-24-42)30-9-2-1-3-10-30)26-41-20-19-40-36(41)35(43)32-12-6-8-27-7-4-5-11-31(27)32;1-5(2,3)4/h1-3,6,8-10,12-14,19-20,25,29H,4-5,7,11,15-18,21-24,26H2;1H3,(H,2,3,4)/q+1;/p-1/t29-,37?,42?;/m0./s1. The SMILES string of the molecule is CS(=O)(=O)[O-].O=C(c1cccc2c1CCCC2)c1nccn1C[C@H](CC[N+]12CCC(c3ccccc3)(CC1)CC2)c1ccc(Cl)c(Cl)c1. The number of hydrogen-bond acceptors (Lipinski definition) is 5. The topological polar surface area (TPSA) is 92.1 Å². The normalized spacial score (nSPS) is 22.3. The van der Waals surface area contributed by atoms with E-state index in [1.807, 2.05) is 30.5 Å². The molecule has 48 heavy (non-hydrogen) atoms. The van der Waals surface area contributed by atoms with Gasteiger partial charge < -0.3 is 13.6 Å². The summed E-state index contributed by atoms with van der Waals surface area (Å²) < 4.78 is 30.5. The molecule has 3 saturated heterocycles. The van der Waals surface area contributed by atoms with Gasteiger partial charge in [0.2, 0.25) is 5.78 Å². The Balaban J connectivity index is 0.000000749. The van der Waals surface area contributed by atoms with E-state index in [4.69, 9.17) is 36.2 Å². The number of rotatable bonds is 9. The van der Waals surface area contributed by atoms with Crippen LogP contribution >= 0.6 is 23.2 Å². The number of nitrogens with zero attached hydrogens (tertiary/aromatic N) is 3. The lowest BCUT2D eigenvalue weighted by Crippen LogP contribution is -2.63. The van der Waals surface area contributed by atoms with Gasteiger partial charge in [-0.25, -0.2) is 13.4 Å². The summed E-state index contributed by atoms with van der Waals surface area (Å²) >= 11 is 12.9. The van der Waals surface area contributed by atoms with Gasteiger partial charge in [-0.05, 0) is 60.1 Å². The van der Waals surface area contributed by atoms with Gasteiger partial charge in [-0.15, -0.1) is 0 Å². The monoisotopic (exact) mass is 707 g/mol. The van der Waals surface area contributed by atoms with E-state index >= 15 is 0 Å². The van der Waals surface area contributed by atoms with E-state index < -0.39 is 10.1 Å². The van der Waals surface area contributed by atoms with Crippen molar-refractivity contribution < 1.29 is 22.2 Å². The highest BCUT2D eigenvalue weighted by atomic mass is 35.5. The second-order valence-corrected chi connectivity index (χ2v) is 16.1. The third-order valence-electron chi connectivity index (χ3n) is 10.9. The average molecular weight is 709 g/mol.